The Morgan fingerprint density at radius 2 is 2.24 bits per heavy atom. The van der Waals surface area contributed by atoms with E-state index in [-0.39, 0.29) is 5.92 Å². The second kappa shape index (κ2) is 6.34. The largest absolute Gasteiger partial charge is 0.389 e. The smallest absolute Gasteiger partial charge is 0.129 e. The maximum absolute atomic E-state index is 10.2. The van der Waals surface area contributed by atoms with Gasteiger partial charge in [-0.2, -0.15) is 0 Å². The monoisotopic (exact) mass is 256 g/mol. The average Bonchev–Trinajstić information content (AvgIpc) is 2.30. The minimum absolute atomic E-state index is 0.276. The fraction of sp³-hybridized carbons (Fsp3) is 0.615. The van der Waals surface area contributed by atoms with Crippen LogP contribution in [0.5, 0.6) is 0 Å². The van der Waals surface area contributed by atoms with Crippen LogP contribution in [0.3, 0.4) is 0 Å². The molecule has 1 rings (SSSR count). The van der Waals surface area contributed by atoms with Crippen LogP contribution >= 0.6 is 11.6 Å². The van der Waals surface area contributed by atoms with Crippen LogP contribution < -0.4 is 5.32 Å². The molecule has 1 heterocycles. The van der Waals surface area contributed by atoms with Crippen molar-refractivity contribution in [2.45, 2.75) is 39.3 Å². The van der Waals surface area contributed by atoms with Crippen molar-refractivity contribution in [3.05, 3.63) is 29.0 Å². The van der Waals surface area contributed by atoms with Gasteiger partial charge in [0, 0.05) is 19.3 Å². The molecule has 2 unspecified atom stereocenters. The van der Waals surface area contributed by atoms with Crippen LogP contribution in [0, 0.1) is 5.92 Å². The molecule has 0 radical (unpaired) electrons. The Kier molecular flexibility index (Phi) is 5.37. The molecule has 4 heteroatoms. The quantitative estimate of drug-likeness (QED) is 0.769. The van der Waals surface area contributed by atoms with Crippen LogP contribution in [0.25, 0.3) is 0 Å². The number of nitrogens with one attached hydrogen (secondary N) is 1. The first-order valence-electron chi connectivity index (χ1n) is 5.99. The Morgan fingerprint density at radius 3 is 2.76 bits per heavy atom. The molecule has 2 N–H and O–H groups in total. The van der Waals surface area contributed by atoms with Gasteiger partial charge in [-0.05, 0) is 24.5 Å². The van der Waals surface area contributed by atoms with E-state index in [9.17, 15) is 5.11 Å². The summed E-state index contributed by atoms with van der Waals surface area (Å²) in [6.45, 7) is 7.28. The van der Waals surface area contributed by atoms with Gasteiger partial charge in [0.05, 0.1) is 5.60 Å². The molecule has 0 aliphatic carbocycles. The van der Waals surface area contributed by atoms with Crippen molar-refractivity contribution in [1.82, 2.24) is 10.3 Å². The van der Waals surface area contributed by atoms with Crippen molar-refractivity contribution in [3.8, 4) is 0 Å². The van der Waals surface area contributed by atoms with E-state index in [1.165, 1.54) is 0 Å². The topological polar surface area (TPSA) is 45.1 Å². The highest BCUT2D eigenvalue weighted by molar-refractivity contribution is 6.29. The Hall–Kier alpha value is -0.640. The highest BCUT2D eigenvalue weighted by Crippen LogP contribution is 2.18. The number of nitrogens with zero attached hydrogens (tertiary/aromatic N) is 1. The van der Waals surface area contributed by atoms with E-state index in [2.05, 4.69) is 24.1 Å². The van der Waals surface area contributed by atoms with Crippen molar-refractivity contribution in [1.29, 1.82) is 0 Å². The third-order valence-electron chi connectivity index (χ3n) is 3.27. The van der Waals surface area contributed by atoms with Crippen LogP contribution in [0.4, 0.5) is 0 Å². The number of rotatable bonds is 6. The van der Waals surface area contributed by atoms with E-state index >= 15 is 0 Å². The molecule has 0 saturated carbocycles. The SMILES string of the molecule is CCC(C)C(C)(O)CNCc1ccc(Cl)nc1. The lowest BCUT2D eigenvalue weighted by molar-refractivity contribution is 0.00534. The number of aliphatic hydroxyl groups is 1. The van der Waals surface area contributed by atoms with Crippen LogP contribution in [0.15, 0.2) is 18.3 Å². The lowest BCUT2D eigenvalue weighted by atomic mass is 9.88. The van der Waals surface area contributed by atoms with E-state index in [1.54, 1.807) is 12.3 Å². The second-order valence-electron chi connectivity index (χ2n) is 4.76. The summed E-state index contributed by atoms with van der Waals surface area (Å²) in [5, 5.41) is 13.9. The van der Waals surface area contributed by atoms with Gasteiger partial charge in [0.25, 0.3) is 0 Å². The molecule has 1 aromatic rings. The van der Waals surface area contributed by atoms with Crippen LogP contribution in [-0.4, -0.2) is 22.2 Å². The van der Waals surface area contributed by atoms with E-state index in [0.29, 0.717) is 18.2 Å². The number of halogens is 1. The summed E-state index contributed by atoms with van der Waals surface area (Å²) >= 11 is 5.71. The van der Waals surface area contributed by atoms with Gasteiger partial charge >= 0.3 is 0 Å². The van der Waals surface area contributed by atoms with Gasteiger partial charge in [0.15, 0.2) is 0 Å². The first-order valence-corrected chi connectivity index (χ1v) is 6.37. The summed E-state index contributed by atoms with van der Waals surface area (Å²) in [5.74, 6) is 0.276. The van der Waals surface area contributed by atoms with E-state index in [1.807, 2.05) is 13.0 Å². The Morgan fingerprint density at radius 1 is 1.53 bits per heavy atom. The van der Waals surface area contributed by atoms with E-state index < -0.39 is 5.60 Å². The molecule has 0 aliphatic heterocycles. The Balaban J connectivity index is 2.39. The molecule has 3 nitrogen and oxygen atoms in total. The lowest BCUT2D eigenvalue weighted by Crippen LogP contribution is -2.42. The second-order valence-corrected chi connectivity index (χ2v) is 5.15. The summed E-state index contributed by atoms with van der Waals surface area (Å²) in [7, 11) is 0. The number of hydrogen-bond donors (Lipinski definition) is 2. The molecular formula is C13H21ClN2O. The van der Waals surface area contributed by atoms with Crippen LogP contribution in [0.2, 0.25) is 5.15 Å². The lowest BCUT2D eigenvalue weighted by Gasteiger charge is -2.29. The van der Waals surface area contributed by atoms with Gasteiger partial charge in [-0.15, -0.1) is 0 Å². The Labute approximate surface area is 108 Å². The maximum Gasteiger partial charge on any atom is 0.129 e. The molecule has 0 fully saturated rings. The Bertz CT molecular complexity index is 338. The van der Waals surface area contributed by atoms with Crippen LogP contribution in [-0.2, 0) is 6.54 Å². The van der Waals surface area contributed by atoms with Gasteiger partial charge in [-0.25, -0.2) is 4.98 Å². The summed E-state index contributed by atoms with van der Waals surface area (Å²) in [6, 6.07) is 3.70. The van der Waals surface area contributed by atoms with Crippen molar-refractivity contribution >= 4 is 11.6 Å². The van der Waals surface area contributed by atoms with Gasteiger partial charge in [0.2, 0.25) is 0 Å². The minimum Gasteiger partial charge on any atom is -0.389 e. The first kappa shape index (κ1) is 14.4. The van der Waals surface area contributed by atoms with Crippen molar-refractivity contribution < 1.29 is 5.11 Å². The normalized spacial score (nSPS) is 16.5. The molecule has 1 aromatic heterocycles. The average molecular weight is 257 g/mol. The van der Waals surface area contributed by atoms with E-state index in [0.717, 1.165) is 12.0 Å². The molecule has 0 amide bonds. The molecule has 0 saturated heterocycles. The minimum atomic E-state index is -0.672. The summed E-state index contributed by atoms with van der Waals surface area (Å²) < 4.78 is 0. The number of pyridine rings is 1. The van der Waals surface area contributed by atoms with Gasteiger partial charge in [-0.1, -0.05) is 37.9 Å². The number of hydrogen-bond acceptors (Lipinski definition) is 3. The zero-order valence-electron chi connectivity index (χ0n) is 10.7. The van der Waals surface area contributed by atoms with Gasteiger partial charge < -0.3 is 10.4 Å². The predicted molar refractivity (Wildman–Crippen MR) is 71.0 cm³/mol. The van der Waals surface area contributed by atoms with Gasteiger partial charge in [0.1, 0.15) is 5.15 Å². The maximum atomic E-state index is 10.2. The predicted octanol–water partition coefficient (Wildman–Crippen LogP) is 2.62. The molecule has 17 heavy (non-hydrogen) atoms. The summed E-state index contributed by atoms with van der Waals surface area (Å²) in [4.78, 5) is 4.01. The fourth-order valence-corrected chi connectivity index (χ4v) is 1.70. The molecule has 0 spiro atoms. The van der Waals surface area contributed by atoms with Gasteiger partial charge in [-0.3, -0.25) is 0 Å². The van der Waals surface area contributed by atoms with Crippen molar-refractivity contribution in [2.24, 2.45) is 5.92 Å². The van der Waals surface area contributed by atoms with Crippen molar-refractivity contribution in [2.75, 3.05) is 6.54 Å². The number of aromatic nitrogens is 1. The molecule has 0 bridgehead atoms. The third kappa shape index (κ3) is 4.62. The summed E-state index contributed by atoms with van der Waals surface area (Å²) in [5.41, 5.74) is 0.392. The highest BCUT2D eigenvalue weighted by Gasteiger charge is 2.26. The van der Waals surface area contributed by atoms with Crippen LogP contribution in [0.1, 0.15) is 32.8 Å². The third-order valence-corrected chi connectivity index (χ3v) is 3.50. The standard InChI is InChI=1S/C13H21ClN2O/c1-4-10(2)13(3,17)9-15-7-11-5-6-12(14)16-8-11/h5-6,8,10,15,17H,4,7,9H2,1-3H3. The molecule has 96 valence electrons. The fourth-order valence-electron chi connectivity index (χ4n) is 1.58. The first-order chi connectivity index (χ1) is 7.95. The molecule has 0 aliphatic rings. The molecule has 2 atom stereocenters. The highest BCUT2D eigenvalue weighted by atomic mass is 35.5. The zero-order chi connectivity index (χ0) is 12.9. The molecular weight excluding hydrogens is 236 g/mol. The van der Waals surface area contributed by atoms with Crippen molar-refractivity contribution in [3.63, 3.8) is 0 Å². The summed E-state index contributed by atoms with van der Waals surface area (Å²) in [6.07, 6.45) is 2.71. The van der Waals surface area contributed by atoms with E-state index in [4.69, 9.17) is 11.6 Å². The zero-order valence-corrected chi connectivity index (χ0v) is 11.5. The molecule has 0 aromatic carbocycles.